The number of carbonyl (C=O) groups is 2. The number of nitrogens with zero attached hydrogens (tertiary/aromatic N) is 5. The number of benzene rings is 3. The van der Waals surface area contributed by atoms with Crippen LogP contribution in [0.2, 0.25) is 0 Å². The predicted octanol–water partition coefficient (Wildman–Crippen LogP) is 8.63. The fourth-order valence-electron chi connectivity index (χ4n) is 4.37. The molecule has 0 atom stereocenters. The molecule has 1 aromatic heterocycles. The molecule has 0 unspecified atom stereocenters. The second-order valence-electron chi connectivity index (χ2n) is 10.2. The van der Waals surface area contributed by atoms with E-state index in [4.69, 9.17) is 4.74 Å². The Morgan fingerprint density at radius 1 is 1.07 bits per heavy atom. The fraction of sp³-hybridized carbons (Fsp3) is 0.207. The van der Waals surface area contributed by atoms with Crippen LogP contribution < -0.4 is 10.2 Å². The summed E-state index contributed by atoms with van der Waals surface area (Å²) < 4.78 is 86.8. The summed E-state index contributed by atoms with van der Waals surface area (Å²) in [5.41, 5.74) is 2.10. The standard InChI is InChI=1S/C29H26F6N6O3S2/c1-3-12-44-15-20-5-4-18(2)13-25(20)41-26(42)16-45-29(41)38-28(43)37-24-11-6-19(14-23(24)30)27-36-17-40(39-27)21-7-9-22(10-8-21)46(31,32,33,34)35/h4-11,13-14,17H,3,12,15-16H2,1-2H3,(H,37,43). The summed E-state index contributed by atoms with van der Waals surface area (Å²) in [6, 6.07) is 10.4. The smallest absolute Gasteiger partial charge is 0.347 e. The van der Waals surface area contributed by atoms with E-state index >= 15 is 4.39 Å². The van der Waals surface area contributed by atoms with Crippen molar-refractivity contribution >= 4 is 50.5 Å². The first kappa shape index (κ1) is 33.0. The van der Waals surface area contributed by atoms with Crippen molar-refractivity contribution in [2.75, 3.05) is 22.6 Å². The molecule has 0 aliphatic carbocycles. The molecule has 1 saturated heterocycles. The number of ether oxygens (including phenoxy) is 1. The van der Waals surface area contributed by atoms with E-state index in [1.54, 1.807) is 6.07 Å². The van der Waals surface area contributed by atoms with Crippen LogP contribution in [-0.2, 0) is 16.1 Å². The van der Waals surface area contributed by atoms with E-state index < -0.39 is 27.0 Å². The molecule has 5 rings (SSSR count). The maximum atomic E-state index is 15.0. The van der Waals surface area contributed by atoms with E-state index in [1.165, 1.54) is 17.0 Å². The fourth-order valence-corrected chi connectivity index (χ4v) is 5.88. The summed E-state index contributed by atoms with van der Waals surface area (Å²) in [5, 5.41) is 6.55. The highest BCUT2D eigenvalue weighted by Gasteiger charge is 2.65. The summed E-state index contributed by atoms with van der Waals surface area (Å²) in [6.07, 6.45) is 1.94. The number of hydrogen-bond acceptors (Lipinski definition) is 6. The molecular weight excluding hydrogens is 658 g/mol. The van der Waals surface area contributed by atoms with Gasteiger partial charge in [-0.15, -0.1) is 5.10 Å². The number of carbonyl (C=O) groups excluding carboxylic acids is 2. The second-order valence-corrected chi connectivity index (χ2v) is 13.5. The molecule has 1 aliphatic heterocycles. The van der Waals surface area contributed by atoms with E-state index in [2.05, 4.69) is 20.4 Å². The van der Waals surface area contributed by atoms with Gasteiger partial charge in [0.15, 0.2) is 11.0 Å². The van der Waals surface area contributed by atoms with Crippen LogP contribution >= 0.6 is 22.0 Å². The molecule has 17 heteroatoms. The molecule has 46 heavy (non-hydrogen) atoms. The lowest BCUT2D eigenvalue weighted by Crippen LogP contribution is -2.31. The molecule has 1 fully saturated rings. The first-order valence-corrected chi connectivity index (χ1v) is 16.5. The van der Waals surface area contributed by atoms with Crippen LogP contribution in [0.4, 0.5) is 40.0 Å². The Bertz CT molecular complexity index is 1850. The molecule has 2 heterocycles. The van der Waals surface area contributed by atoms with Gasteiger partial charge < -0.3 is 10.1 Å². The van der Waals surface area contributed by atoms with E-state index in [0.29, 0.717) is 12.3 Å². The van der Waals surface area contributed by atoms with Gasteiger partial charge in [-0.2, -0.15) is 4.99 Å². The Labute approximate surface area is 263 Å². The van der Waals surface area contributed by atoms with Crippen molar-refractivity contribution in [1.29, 1.82) is 0 Å². The number of amidine groups is 1. The van der Waals surface area contributed by atoms with Crippen LogP contribution in [0.5, 0.6) is 0 Å². The topological polar surface area (TPSA) is 102 Å². The predicted molar refractivity (Wildman–Crippen MR) is 166 cm³/mol. The van der Waals surface area contributed by atoms with Crippen LogP contribution in [0.25, 0.3) is 17.1 Å². The minimum absolute atomic E-state index is 0.0106. The van der Waals surface area contributed by atoms with Crippen molar-refractivity contribution in [3.05, 3.63) is 83.9 Å². The van der Waals surface area contributed by atoms with Crippen molar-refractivity contribution in [3.8, 4) is 17.1 Å². The highest BCUT2D eigenvalue weighted by molar-refractivity contribution is 8.45. The number of halogens is 6. The van der Waals surface area contributed by atoms with Crippen LogP contribution in [0.1, 0.15) is 24.5 Å². The maximum absolute atomic E-state index is 15.0. The number of hydrogen-bond donors (Lipinski definition) is 1. The first-order valence-electron chi connectivity index (χ1n) is 13.6. The lowest BCUT2D eigenvalue weighted by molar-refractivity contribution is -0.115. The van der Waals surface area contributed by atoms with E-state index in [1.807, 2.05) is 26.0 Å². The summed E-state index contributed by atoms with van der Waals surface area (Å²) in [4.78, 5) is 33.0. The quantitative estimate of drug-likeness (QED) is 0.140. The zero-order chi connectivity index (χ0) is 33.3. The monoisotopic (exact) mass is 684 g/mol. The molecular formula is C29H26F6N6O3S2. The lowest BCUT2D eigenvalue weighted by Gasteiger charge is -2.40. The Balaban J connectivity index is 1.31. The molecule has 1 N–H and O–H groups in total. The van der Waals surface area contributed by atoms with Gasteiger partial charge in [0.25, 0.3) is 0 Å². The summed E-state index contributed by atoms with van der Waals surface area (Å²) >= 11 is 1.06. The molecule has 0 radical (unpaired) electrons. The van der Waals surface area contributed by atoms with Crippen LogP contribution in [0, 0.1) is 12.7 Å². The molecule has 0 bridgehead atoms. The van der Waals surface area contributed by atoms with Crippen LogP contribution in [-0.4, -0.2) is 44.2 Å². The van der Waals surface area contributed by atoms with Gasteiger partial charge in [-0.1, -0.05) is 50.2 Å². The second kappa shape index (κ2) is 11.8. The van der Waals surface area contributed by atoms with Crippen molar-refractivity contribution < 1.29 is 38.1 Å². The Morgan fingerprint density at radius 2 is 1.80 bits per heavy atom. The van der Waals surface area contributed by atoms with Crippen molar-refractivity contribution in [2.45, 2.75) is 31.8 Å². The van der Waals surface area contributed by atoms with Gasteiger partial charge >= 0.3 is 16.3 Å². The maximum Gasteiger partial charge on any atom is 0.347 e. The molecule has 9 nitrogen and oxygen atoms in total. The average Bonchev–Trinajstić information content (AvgIpc) is 3.61. The number of rotatable bonds is 9. The van der Waals surface area contributed by atoms with E-state index in [0.717, 1.165) is 58.5 Å². The first-order chi connectivity index (χ1) is 21.5. The minimum Gasteiger partial charge on any atom is -0.377 e. The van der Waals surface area contributed by atoms with Gasteiger partial charge in [0.1, 0.15) is 17.0 Å². The number of anilines is 2. The van der Waals surface area contributed by atoms with Gasteiger partial charge in [-0.3, -0.25) is 9.69 Å². The van der Waals surface area contributed by atoms with Crippen molar-refractivity contribution in [3.63, 3.8) is 0 Å². The average molecular weight is 685 g/mol. The molecule has 3 aromatic carbocycles. The number of urea groups is 1. The normalized spacial score (nSPS) is 16.0. The zero-order valence-electron chi connectivity index (χ0n) is 24.2. The largest absolute Gasteiger partial charge is 0.377 e. The summed E-state index contributed by atoms with van der Waals surface area (Å²) in [7, 11) is -9.83. The molecule has 3 amide bonds. The highest BCUT2D eigenvalue weighted by atomic mass is 32.5. The number of aryl methyl sites for hydroxylation is 1. The third kappa shape index (κ3) is 7.54. The molecule has 0 spiro atoms. The Hall–Kier alpha value is -4.35. The minimum atomic E-state index is -9.83. The van der Waals surface area contributed by atoms with Crippen molar-refractivity contribution in [2.24, 2.45) is 4.99 Å². The van der Waals surface area contributed by atoms with Gasteiger partial charge in [0, 0.05) is 17.7 Å². The number of nitrogens with one attached hydrogen (secondary N) is 1. The van der Waals surface area contributed by atoms with Crippen LogP contribution in [0.15, 0.2) is 76.9 Å². The number of amides is 3. The van der Waals surface area contributed by atoms with E-state index in [9.17, 15) is 29.0 Å². The van der Waals surface area contributed by atoms with Gasteiger partial charge in [0.05, 0.1) is 29.4 Å². The summed E-state index contributed by atoms with van der Waals surface area (Å²) in [5.74, 6) is -1.12. The van der Waals surface area contributed by atoms with E-state index in [-0.39, 0.29) is 58.3 Å². The van der Waals surface area contributed by atoms with Crippen molar-refractivity contribution in [1.82, 2.24) is 14.8 Å². The summed E-state index contributed by atoms with van der Waals surface area (Å²) in [6.45, 7) is 4.63. The molecule has 4 aromatic rings. The highest BCUT2D eigenvalue weighted by Crippen LogP contribution is 3.02. The zero-order valence-corrected chi connectivity index (χ0v) is 25.9. The third-order valence-corrected chi connectivity index (χ3v) is 8.64. The number of aromatic nitrogens is 3. The van der Waals surface area contributed by atoms with Gasteiger partial charge in [-0.05, 0) is 67.4 Å². The molecule has 244 valence electrons. The third-order valence-electron chi connectivity index (χ3n) is 6.56. The number of aliphatic imine (C=N–C) groups is 1. The molecule has 1 aliphatic rings. The lowest BCUT2D eigenvalue weighted by atomic mass is 10.1. The Morgan fingerprint density at radius 3 is 2.48 bits per heavy atom. The molecule has 0 saturated carbocycles. The van der Waals surface area contributed by atoms with Gasteiger partial charge in [-0.25, -0.2) is 18.9 Å². The number of thioether (sulfide) groups is 1. The Kier molecular flexibility index (Phi) is 8.46. The SMILES string of the molecule is CCCOCc1ccc(C)cc1N1C(=O)CSC1=NC(=O)Nc1ccc(-c2ncn(-c3ccc(S(F)(F)(F)(F)F)cc3)n2)cc1F. The van der Waals surface area contributed by atoms with Gasteiger partial charge in [0.2, 0.25) is 5.91 Å². The van der Waals surface area contributed by atoms with Crippen LogP contribution in [0.3, 0.4) is 0 Å².